The predicted octanol–water partition coefficient (Wildman–Crippen LogP) is 3.82. The third-order valence-electron chi connectivity index (χ3n) is 5.29. The Morgan fingerprint density at radius 1 is 1.14 bits per heavy atom. The summed E-state index contributed by atoms with van der Waals surface area (Å²) in [4.78, 5) is 11.6. The Morgan fingerprint density at radius 3 is 2.61 bits per heavy atom. The number of fused-ring (bicyclic) bond motifs is 1. The van der Waals surface area contributed by atoms with Gasteiger partial charge in [-0.25, -0.2) is 13.9 Å². The summed E-state index contributed by atoms with van der Waals surface area (Å²) in [5.74, 6) is 0.870. The van der Waals surface area contributed by atoms with Gasteiger partial charge in [-0.05, 0) is 54.1 Å². The molecule has 0 saturated heterocycles. The van der Waals surface area contributed by atoms with E-state index >= 15 is 0 Å². The fraction of sp³-hybridized carbons (Fsp3) is 0.167. The van der Waals surface area contributed by atoms with Gasteiger partial charge in [0.05, 0.1) is 9.92 Å². The Morgan fingerprint density at radius 2 is 1.89 bits per heavy atom. The normalized spacial score (nSPS) is 12.3. The van der Waals surface area contributed by atoms with Crippen molar-refractivity contribution in [3.63, 3.8) is 0 Å². The first kappa shape index (κ1) is 25.3. The van der Waals surface area contributed by atoms with Crippen LogP contribution in [0.1, 0.15) is 17.5 Å². The van der Waals surface area contributed by atoms with Crippen molar-refractivity contribution in [2.75, 3.05) is 13.3 Å². The van der Waals surface area contributed by atoms with Crippen molar-refractivity contribution in [1.29, 1.82) is 5.26 Å². The lowest BCUT2D eigenvalue weighted by Crippen LogP contribution is -2.34. The Kier molecular flexibility index (Phi) is 7.61. The topological polar surface area (TPSA) is 138 Å². The van der Waals surface area contributed by atoms with Gasteiger partial charge in [-0.2, -0.15) is 9.57 Å². The van der Waals surface area contributed by atoms with E-state index < -0.39 is 15.9 Å². The van der Waals surface area contributed by atoms with Crippen molar-refractivity contribution in [3.05, 3.63) is 76.8 Å². The standard InChI is InChI=1S/C24H20ClN3O7S/c25-20-2-1-3-21(19(20)13-26)35-17-5-7-18(8-6-17)36(31,32)28(11-10-24(29)27-30)14-16-4-9-22-23(12-16)34-15-33-22/h1-9,12,30H,10-11,14-15H2,(H,27,29). The molecule has 36 heavy (non-hydrogen) atoms. The summed E-state index contributed by atoms with van der Waals surface area (Å²) in [5, 5.41) is 18.4. The number of hydrogen-bond acceptors (Lipinski definition) is 8. The highest BCUT2D eigenvalue weighted by molar-refractivity contribution is 7.89. The molecule has 1 heterocycles. The summed E-state index contributed by atoms with van der Waals surface area (Å²) in [7, 11) is -4.06. The van der Waals surface area contributed by atoms with Gasteiger partial charge < -0.3 is 14.2 Å². The summed E-state index contributed by atoms with van der Waals surface area (Å²) in [5.41, 5.74) is 2.29. The average molecular weight is 530 g/mol. The van der Waals surface area contributed by atoms with Crippen LogP contribution in [0.2, 0.25) is 5.02 Å². The Balaban J connectivity index is 1.57. The Labute approximate surface area is 212 Å². The minimum Gasteiger partial charge on any atom is -0.456 e. The number of rotatable bonds is 9. The molecule has 0 spiro atoms. The highest BCUT2D eigenvalue weighted by atomic mass is 35.5. The first-order valence-corrected chi connectivity index (χ1v) is 12.4. The summed E-state index contributed by atoms with van der Waals surface area (Å²) >= 11 is 6.03. The number of sulfonamides is 1. The van der Waals surface area contributed by atoms with Crippen LogP contribution in [0.25, 0.3) is 0 Å². The number of hydrogen-bond donors (Lipinski definition) is 2. The zero-order valence-electron chi connectivity index (χ0n) is 18.7. The number of benzene rings is 3. The van der Waals surface area contributed by atoms with Gasteiger partial charge in [0.1, 0.15) is 23.1 Å². The minimum atomic E-state index is -4.06. The molecule has 3 aromatic rings. The molecule has 2 N–H and O–H groups in total. The maximum Gasteiger partial charge on any atom is 0.244 e. The van der Waals surface area contributed by atoms with Gasteiger partial charge in [0.15, 0.2) is 11.5 Å². The van der Waals surface area contributed by atoms with Gasteiger partial charge in [-0.3, -0.25) is 10.0 Å². The van der Waals surface area contributed by atoms with Crippen LogP contribution in [0.3, 0.4) is 0 Å². The van der Waals surface area contributed by atoms with Crippen LogP contribution in [0.4, 0.5) is 0 Å². The fourth-order valence-electron chi connectivity index (χ4n) is 3.46. The number of nitriles is 1. The lowest BCUT2D eigenvalue weighted by Gasteiger charge is -2.22. The third-order valence-corrected chi connectivity index (χ3v) is 7.46. The maximum atomic E-state index is 13.5. The van der Waals surface area contributed by atoms with Crippen molar-refractivity contribution in [3.8, 4) is 29.1 Å². The largest absolute Gasteiger partial charge is 0.456 e. The molecule has 0 saturated carbocycles. The van der Waals surface area contributed by atoms with Crippen LogP contribution in [-0.2, 0) is 21.4 Å². The lowest BCUT2D eigenvalue weighted by atomic mass is 10.2. The molecular formula is C24H20ClN3O7S. The van der Waals surface area contributed by atoms with E-state index in [-0.39, 0.29) is 47.5 Å². The number of ether oxygens (including phenoxy) is 3. The molecular weight excluding hydrogens is 510 g/mol. The van der Waals surface area contributed by atoms with Gasteiger partial charge in [0.2, 0.25) is 22.7 Å². The van der Waals surface area contributed by atoms with Gasteiger partial charge in [0.25, 0.3) is 0 Å². The van der Waals surface area contributed by atoms with Crippen molar-refractivity contribution in [2.45, 2.75) is 17.9 Å². The predicted molar refractivity (Wildman–Crippen MR) is 127 cm³/mol. The van der Waals surface area contributed by atoms with Crippen molar-refractivity contribution >= 4 is 27.5 Å². The molecule has 1 amide bonds. The number of hydroxylamine groups is 1. The third kappa shape index (κ3) is 5.53. The molecule has 3 aromatic carbocycles. The van der Waals surface area contributed by atoms with Gasteiger partial charge in [0, 0.05) is 19.5 Å². The van der Waals surface area contributed by atoms with Crippen molar-refractivity contribution in [1.82, 2.24) is 9.79 Å². The summed E-state index contributed by atoms with van der Waals surface area (Å²) in [6, 6.07) is 17.4. The van der Waals surface area contributed by atoms with Crippen molar-refractivity contribution < 1.29 is 32.6 Å². The molecule has 10 nitrogen and oxygen atoms in total. The molecule has 0 aromatic heterocycles. The van der Waals surface area contributed by atoms with Crippen LogP contribution in [0.5, 0.6) is 23.0 Å². The molecule has 0 radical (unpaired) electrons. The molecule has 4 rings (SSSR count). The van der Waals surface area contributed by atoms with Gasteiger partial charge >= 0.3 is 0 Å². The quantitative estimate of drug-likeness (QED) is 0.315. The van der Waals surface area contributed by atoms with Gasteiger partial charge in [-0.1, -0.05) is 23.7 Å². The average Bonchev–Trinajstić information content (AvgIpc) is 3.34. The van der Waals surface area contributed by atoms with E-state index in [4.69, 9.17) is 31.0 Å². The molecule has 1 aliphatic rings. The highest BCUT2D eigenvalue weighted by Crippen LogP contribution is 2.34. The maximum absolute atomic E-state index is 13.5. The van der Waals surface area contributed by atoms with E-state index in [0.29, 0.717) is 22.8 Å². The number of halogens is 1. The number of carbonyl (C=O) groups is 1. The van der Waals surface area contributed by atoms with E-state index in [1.165, 1.54) is 29.7 Å². The smallest absolute Gasteiger partial charge is 0.244 e. The van der Waals surface area contributed by atoms with Crippen LogP contribution >= 0.6 is 11.6 Å². The Bertz CT molecular complexity index is 1420. The molecule has 0 fully saturated rings. The Hall–Kier alpha value is -3.82. The number of amides is 1. The second-order valence-electron chi connectivity index (χ2n) is 7.61. The number of nitrogens with one attached hydrogen (secondary N) is 1. The minimum absolute atomic E-state index is 0.0356. The molecule has 0 atom stereocenters. The van der Waals surface area contributed by atoms with E-state index in [1.54, 1.807) is 36.4 Å². The summed E-state index contributed by atoms with van der Waals surface area (Å²) < 4.78 is 44.4. The molecule has 1 aliphatic heterocycles. The first-order valence-electron chi connectivity index (χ1n) is 10.6. The molecule has 12 heteroatoms. The fourth-order valence-corrected chi connectivity index (χ4v) is 5.10. The van der Waals surface area contributed by atoms with Crippen LogP contribution in [0, 0.1) is 11.3 Å². The first-order chi connectivity index (χ1) is 17.3. The van der Waals surface area contributed by atoms with E-state index in [2.05, 4.69) is 0 Å². The molecule has 0 unspecified atom stereocenters. The number of nitrogens with zero attached hydrogens (tertiary/aromatic N) is 2. The zero-order valence-corrected chi connectivity index (χ0v) is 20.3. The van der Waals surface area contributed by atoms with Crippen LogP contribution < -0.4 is 19.7 Å². The molecule has 0 aliphatic carbocycles. The second-order valence-corrected chi connectivity index (χ2v) is 9.95. The van der Waals surface area contributed by atoms with Crippen molar-refractivity contribution in [2.24, 2.45) is 0 Å². The SMILES string of the molecule is N#Cc1c(Cl)cccc1Oc1ccc(S(=O)(=O)N(CCC(=O)NO)Cc2ccc3c(c2)OCO3)cc1. The zero-order chi connectivity index (χ0) is 25.7. The second kappa shape index (κ2) is 10.8. The molecule has 186 valence electrons. The number of carbonyl (C=O) groups excluding carboxylic acids is 1. The van der Waals surface area contributed by atoms with E-state index in [0.717, 1.165) is 4.31 Å². The van der Waals surface area contributed by atoms with E-state index in [9.17, 15) is 18.5 Å². The van der Waals surface area contributed by atoms with Crippen LogP contribution in [0.15, 0.2) is 65.6 Å². The van der Waals surface area contributed by atoms with Crippen LogP contribution in [-0.4, -0.2) is 37.2 Å². The van der Waals surface area contributed by atoms with Gasteiger partial charge in [-0.15, -0.1) is 0 Å². The monoisotopic (exact) mass is 529 g/mol. The highest BCUT2D eigenvalue weighted by Gasteiger charge is 2.26. The summed E-state index contributed by atoms with van der Waals surface area (Å²) in [6.45, 7) is -0.156. The summed E-state index contributed by atoms with van der Waals surface area (Å²) in [6.07, 6.45) is -0.257. The lowest BCUT2D eigenvalue weighted by molar-refractivity contribution is -0.129. The molecule has 0 bridgehead atoms. The van der Waals surface area contributed by atoms with E-state index in [1.807, 2.05) is 6.07 Å².